The maximum atomic E-state index is 13.2. The number of carbonyl (C=O) groups is 1. The fraction of sp³-hybridized carbons (Fsp3) is 0.562. The standard InChI is InChI=1S/C16H23FN2O2/c1-18-16(8-4-3-5-9-16)11-15(20)19-13-7-6-12(17)10-14(13)21-2/h6-7,10,18H,3-5,8-9,11H2,1-2H3,(H,19,20). The van der Waals surface area contributed by atoms with Gasteiger partial charge in [-0.1, -0.05) is 19.3 Å². The van der Waals surface area contributed by atoms with Gasteiger partial charge < -0.3 is 15.4 Å². The zero-order chi connectivity index (χ0) is 15.3. The van der Waals surface area contributed by atoms with Gasteiger partial charge >= 0.3 is 0 Å². The smallest absolute Gasteiger partial charge is 0.226 e. The van der Waals surface area contributed by atoms with Crippen molar-refractivity contribution < 1.29 is 13.9 Å². The van der Waals surface area contributed by atoms with Gasteiger partial charge in [-0.05, 0) is 32.0 Å². The quantitative estimate of drug-likeness (QED) is 0.877. The molecule has 0 aliphatic heterocycles. The third-order valence-corrected chi connectivity index (χ3v) is 4.28. The van der Waals surface area contributed by atoms with Crippen molar-refractivity contribution in [2.75, 3.05) is 19.5 Å². The SMILES string of the molecule is CNC1(CC(=O)Nc2ccc(F)cc2OC)CCCCC1. The lowest BCUT2D eigenvalue weighted by Crippen LogP contribution is -2.47. The number of nitrogens with one attached hydrogen (secondary N) is 2. The average Bonchev–Trinajstić information content (AvgIpc) is 2.50. The van der Waals surface area contributed by atoms with E-state index in [0.717, 1.165) is 25.7 Å². The molecule has 21 heavy (non-hydrogen) atoms. The number of methoxy groups -OCH3 is 1. The van der Waals surface area contributed by atoms with E-state index in [1.165, 1.54) is 31.7 Å². The third kappa shape index (κ3) is 3.94. The van der Waals surface area contributed by atoms with Gasteiger partial charge in [-0.2, -0.15) is 0 Å². The fourth-order valence-electron chi connectivity index (χ4n) is 3.01. The van der Waals surface area contributed by atoms with Gasteiger partial charge in [-0.25, -0.2) is 4.39 Å². The van der Waals surface area contributed by atoms with E-state index in [4.69, 9.17) is 4.74 Å². The van der Waals surface area contributed by atoms with Crippen LogP contribution in [0.15, 0.2) is 18.2 Å². The van der Waals surface area contributed by atoms with Crippen molar-refractivity contribution in [2.24, 2.45) is 0 Å². The number of amides is 1. The van der Waals surface area contributed by atoms with Crippen LogP contribution in [0.25, 0.3) is 0 Å². The van der Waals surface area contributed by atoms with Crippen molar-refractivity contribution in [3.05, 3.63) is 24.0 Å². The molecule has 1 amide bonds. The van der Waals surface area contributed by atoms with Crippen LogP contribution >= 0.6 is 0 Å². The molecule has 1 aliphatic carbocycles. The summed E-state index contributed by atoms with van der Waals surface area (Å²) in [5, 5.41) is 6.14. The Kier molecular flexibility index (Phi) is 5.17. The van der Waals surface area contributed by atoms with Gasteiger partial charge in [0.15, 0.2) is 0 Å². The van der Waals surface area contributed by atoms with Crippen LogP contribution in [0.2, 0.25) is 0 Å². The highest BCUT2D eigenvalue weighted by atomic mass is 19.1. The number of anilines is 1. The van der Waals surface area contributed by atoms with Crippen LogP contribution < -0.4 is 15.4 Å². The van der Waals surface area contributed by atoms with Gasteiger partial charge in [0.1, 0.15) is 11.6 Å². The van der Waals surface area contributed by atoms with Crippen molar-refractivity contribution in [3.63, 3.8) is 0 Å². The number of ether oxygens (including phenoxy) is 1. The van der Waals surface area contributed by atoms with E-state index in [9.17, 15) is 9.18 Å². The maximum Gasteiger partial charge on any atom is 0.226 e. The molecule has 0 spiro atoms. The van der Waals surface area contributed by atoms with Crippen molar-refractivity contribution in [2.45, 2.75) is 44.1 Å². The second kappa shape index (κ2) is 6.89. The normalized spacial score (nSPS) is 17.3. The molecular weight excluding hydrogens is 271 g/mol. The van der Waals surface area contributed by atoms with Crippen LogP contribution in [0.1, 0.15) is 38.5 Å². The highest BCUT2D eigenvalue weighted by Crippen LogP contribution is 2.32. The van der Waals surface area contributed by atoms with Crippen LogP contribution in [0, 0.1) is 5.82 Å². The second-order valence-electron chi connectivity index (χ2n) is 5.66. The summed E-state index contributed by atoms with van der Waals surface area (Å²) in [5.74, 6) is -0.120. The van der Waals surface area contributed by atoms with E-state index in [0.29, 0.717) is 17.9 Å². The Morgan fingerprint density at radius 1 is 1.33 bits per heavy atom. The van der Waals surface area contributed by atoms with Gasteiger partial charge in [0.25, 0.3) is 0 Å². The highest BCUT2D eigenvalue weighted by Gasteiger charge is 2.32. The van der Waals surface area contributed by atoms with Crippen molar-refractivity contribution in [3.8, 4) is 5.75 Å². The van der Waals surface area contributed by atoms with Gasteiger partial charge in [0.05, 0.1) is 12.8 Å². The molecule has 5 heteroatoms. The largest absolute Gasteiger partial charge is 0.494 e. The van der Waals surface area contributed by atoms with E-state index in [1.54, 1.807) is 0 Å². The van der Waals surface area contributed by atoms with Crippen LogP contribution in [0.4, 0.5) is 10.1 Å². The Morgan fingerprint density at radius 3 is 2.67 bits per heavy atom. The van der Waals surface area contributed by atoms with Crippen LogP contribution in [-0.2, 0) is 4.79 Å². The zero-order valence-electron chi connectivity index (χ0n) is 12.7. The molecule has 0 heterocycles. The van der Waals surface area contributed by atoms with Crippen molar-refractivity contribution in [1.82, 2.24) is 5.32 Å². The number of carbonyl (C=O) groups excluding carboxylic acids is 1. The molecule has 4 nitrogen and oxygen atoms in total. The predicted octanol–water partition coefficient (Wildman–Crippen LogP) is 3.09. The second-order valence-corrected chi connectivity index (χ2v) is 5.66. The summed E-state index contributed by atoms with van der Waals surface area (Å²) < 4.78 is 18.3. The molecule has 1 aromatic carbocycles. The lowest BCUT2D eigenvalue weighted by molar-refractivity contribution is -0.117. The number of hydrogen-bond acceptors (Lipinski definition) is 3. The molecule has 2 N–H and O–H groups in total. The van der Waals surface area contributed by atoms with Gasteiger partial charge in [0.2, 0.25) is 5.91 Å². The lowest BCUT2D eigenvalue weighted by Gasteiger charge is -2.36. The Bertz CT molecular complexity index is 499. The molecule has 0 saturated heterocycles. The molecule has 116 valence electrons. The molecule has 0 bridgehead atoms. The summed E-state index contributed by atoms with van der Waals surface area (Å²) in [6.07, 6.45) is 5.97. The zero-order valence-corrected chi connectivity index (χ0v) is 12.7. The van der Waals surface area contributed by atoms with Gasteiger partial charge in [0, 0.05) is 18.0 Å². The molecule has 0 radical (unpaired) electrons. The third-order valence-electron chi connectivity index (χ3n) is 4.28. The molecule has 0 atom stereocenters. The number of rotatable bonds is 5. The Balaban J connectivity index is 2.04. The first kappa shape index (κ1) is 15.8. The Hall–Kier alpha value is -1.62. The molecule has 1 aliphatic rings. The van der Waals surface area contributed by atoms with E-state index in [-0.39, 0.29) is 17.3 Å². The lowest BCUT2D eigenvalue weighted by atomic mass is 9.79. The van der Waals surface area contributed by atoms with E-state index < -0.39 is 0 Å². The first-order valence-corrected chi connectivity index (χ1v) is 7.41. The first-order valence-electron chi connectivity index (χ1n) is 7.41. The minimum atomic E-state index is -0.385. The van der Waals surface area contributed by atoms with E-state index in [1.807, 2.05) is 7.05 Å². The molecule has 0 unspecified atom stereocenters. The molecule has 0 aromatic heterocycles. The van der Waals surface area contributed by atoms with Crippen molar-refractivity contribution in [1.29, 1.82) is 0 Å². The summed E-state index contributed by atoms with van der Waals surface area (Å²) in [6.45, 7) is 0. The Morgan fingerprint density at radius 2 is 2.05 bits per heavy atom. The van der Waals surface area contributed by atoms with Crippen LogP contribution in [0.3, 0.4) is 0 Å². The number of benzene rings is 1. The summed E-state index contributed by atoms with van der Waals surface area (Å²) in [7, 11) is 3.37. The minimum absolute atomic E-state index is 0.0730. The monoisotopic (exact) mass is 294 g/mol. The molecular formula is C16H23FN2O2. The van der Waals surface area contributed by atoms with Crippen LogP contribution in [0.5, 0.6) is 5.75 Å². The molecule has 1 aromatic rings. The highest BCUT2D eigenvalue weighted by molar-refractivity contribution is 5.93. The summed E-state index contributed by atoms with van der Waals surface area (Å²) >= 11 is 0. The Labute approximate surface area is 125 Å². The maximum absolute atomic E-state index is 13.2. The topological polar surface area (TPSA) is 50.4 Å². The van der Waals surface area contributed by atoms with Crippen molar-refractivity contribution >= 4 is 11.6 Å². The molecule has 1 saturated carbocycles. The number of hydrogen-bond donors (Lipinski definition) is 2. The van der Waals surface area contributed by atoms with Gasteiger partial charge in [-0.3, -0.25) is 4.79 Å². The predicted molar refractivity (Wildman–Crippen MR) is 81.1 cm³/mol. The fourth-order valence-corrected chi connectivity index (χ4v) is 3.01. The summed E-state index contributed by atoms with van der Waals surface area (Å²) in [4.78, 5) is 12.3. The number of halogens is 1. The summed E-state index contributed by atoms with van der Waals surface area (Å²) in [5.41, 5.74) is 0.390. The van der Waals surface area contributed by atoms with Crippen LogP contribution in [-0.4, -0.2) is 25.6 Å². The molecule has 1 fully saturated rings. The summed E-state index contributed by atoms with van der Waals surface area (Å²) in [6, 6.07) is 4.11. The first-order chi connectivity index (χ1) is 10.1. The average molecular weight is 294 g/mol. The van der Waals surface area contributed by atoms with Gasteiger partial charge in [-0.15, -0.1) is 0 Å². The van der Waals surface area contributed by atoms with E-state index >= 15 is 0 Å². The minimum Gasteiger partial charge on any atom is -0.494 e. The molecule has 2 rings (SSSR count). The van der Waals surface area contributed by atoms with E-state index in [2.05, 4.69) is 10.6 Å².